The summed E-state index contributed by atoms with van der Waals surface area (Å²) in [7, 11) is 1.17. The highest BCUT2D eigenvalue weighted by atomic mass is 35.5. The van der Waals surface area contributed by atoms with Crippen LogP contribution in [0, 0.1) is 0 Å². The van der Waals surface area contributed by atoms with Crippen molar-refractivity contribution in [3.63, 3.8) is 0 Å². The summed E-state index contributed by atoms with van der Waals surface area (Å²) in [5.74, 6) is -2.22. The molecule has 0 heterocycles. The fourth-order valence-corrected chi connectivity index (χ4v) is 1.34. The Hall–Kier alpha value is -1.49. The zero-order chi connectivity index (χ0) is 13.1. The standard InChI is InChI=1S/C11H8ClF3O2/c1-17-9(6-10(16)11(13,14)15)7-4-2-3-5-8(7)12/h2-6H,1H3/b9-6-. The second-order valence-corrected chi connectivity index (χ2v) is 3.46. The molecule has 0 saturated carbocycles. The van der Waals surface area contributed by atoms with Crippen molar-refractivity contribution in [2.24, 2.45) is 0 Å². The molecule has 92 valence electrons. The lowest BCUT2D eigenvalue weighted by Crippen LogP contribution is -2.20. The normalized spacial score (nSPS) is 12.4. The molecule has 1 aromatic carbocycles. The summed E-state index contributed by atoms with van der Waals surface area (Å²) in [5.41, 5.74) is 0.231. The summed E-state index contributed by atoms with van der Waals surface area (Å²) in [5, 5.41) is 0.204. The maximum absolute atomic E-state index is 12.1. The van der Waals surface area contributed by atoms with Gasteiger partial charge >= 0.3 is 6.18 Å². The maximum atomic E-state index is 12.1. The average molecular weight is 265 g/mol. The predicted octanol–water partition coefficient (Wildman–Crippen LogP) is 3.46. The summed E-state index contributed by atoms with van der Waals surface area (Å²) >= 11 is 5.78. The maximum Gasteiger partial charge on any atom is 0.454 e. The Bertz CT molecular complexity index is 452. The lowest BCUT2D eigenvalue weighted by Gasteiger charge is -2.08. The number of benzene rings is 1. The number of carbonyl (C=O) groups excluding carboxylic acids is 1. The number of alkyl halides is 3. The predicted molar refractivity (Wildman–Crippen MR) is 57.5 cm³/mol. The zero-order valence-electron chi connectivity index (χ0n) is 8.72. The van der Waals surface area contributed by atoms with Gasteiger partial charge in [0, 0.05) is 11.6 Å². The molecule has 0 N–H and O–H groups in total. The zero-order valence-corrected chi connectivity index (χ0v) is 9.47. The van der Waals surface area contributed by atoms with Gasteiger partial charge in [0.05, 0.1) is 12.1 Å². The van der Waals surface area contributed by atoms with E-state index < -0.39 is 12.0 Å². The van der Waals surface area contributed by atoms with Gasteiger partial charge in [-0.2, -0.15) is 13.2 Å². The van der Waals surface area contributed by atoms with E-state index in [1.165, 1.54) is 19.2 Å². The van der Waals surface area contributed by atoms with E-state index in [-0.39, 0.29) is 16.3 Å². The summed E-state index contributed by atoms with van der Waals surface area (Å²) in [4.78, 5) is 10.8. The van der Waals surface area contributed by atoms with E-state index in [0.29, 0.717) is 6.08 Å². The van der Waals surface area contributed by atoms with E-state index in [0.717, 1.165) is 0 Å². The van der Waals surface area contributed by atoms with E-state index in [2.05, 4.69) is 0 Å². The molecule has 0 amide bonds. The number of carbonyl (C=O) groups is 1. The lowest BCUT2D eigenvalue weighted by atomic mass is 10.1. The molecular formula is C11H8ClF3O2. The Morgan fingerprint density at radius 1 is 1.35 bits per heavy atom. The highest BCUT2D eigenvalue weighted by Crippen LogP contribution is 2.26. The number of methoxy groups -OCH3 is 1. The molecule has 1 aromatic rings. The topological polar surface area (TPSA) is 26.3 Å². The van der Waals surface area contributed by atoms with Crippen LogP contribution in [0.25, 0.3) is 5.76 Å². The monoisotopic (exact) mass is 264 g/mol. The third-order valence-corrected chi connectivity index (χ3v) is 2.23. The molecule has 0 atom stereocenters. The summed E-state index contributed by atoms with van der Waals surface area (Å²) in [6, 6.07) is 6.14. The Morgan fingerprint density at radius 2 is 1.94 bits per heavy atom. The van der Waals surface area contributed by atoms with E-state index in [4.69, 9.17) is 16.3 Å². The highest BCUT2D eigenvalue weighted by Gasteiger charge is 2.37. The number of halogens is 4. The van der Waals surface area contributed by atoms with Crippen LogP contribution in [0.5, 0.6) is 0 Å². The van der Waals surface area contributed by atoms with E-state index in [9.17, 15) is 18.0 Å². The largest absolute Gasteiger partial charge is 0.496 e. The molecule has 6 heteroatoms. The van der Waals surface area contributed by atoms with Crippen LogP contribution >= 0.6 is 11.6 Å². The fourth-order valence-electron chi connectivity index (χ4n) is 1.11. The van der Waals surface area contributed by atoms with Crippen molar-refractivity contribution in [1.29, 1.82) is 0 Å². The first kappa shape index (κ1) is 13.6. The van der Waals surface area contributed by atoms with Crippen molar-refractivity contribution in [1.82, 2.24) is 0 Å². The van der Waals surface area contributed by atoms with Gasteiger partial charge in [-0.25, -0.2) is 0 Å². The summed E-state index contributed by atoms with van der Waals surface area (Å²) < 4.78 is 41.0. The first-order valence-electron chi connectivity index (χ1n) is 4.48. The van der Waals surface area contributed by atoms with Gasteiger partial charge in [-0.15, -0.1) is 0 Å². The van der Waals surface area contributed by atoms with E-state index in [1.54, 1.807) is 12.1 Å². The number of hydrogen-bond donors (Lipinski definition) is 0. The van der Waals surface area contributed by atoms with Gasteiger partial charge in [0.2, 0.25) is 0 Å². The van der Waals surface area contributed by atoms with Crippen molar-refractivity contribution in [3.05, 3.63) is 40.9 Å². The molecule has 0 fully saturated rings. The molecule has 0 spiro atoms. The minimum Gasteiger partial charge on any atom is -0.496 e. The van der Waals surface area contributed by atoms with Gasteiger partial charge in [0.15, 0.2) is 0 Å². The Balaban J connectivity index is 3.13. The Labute approximate surface area is 101 Å². The highest BCUT2D eigenvalue weighted by molar-refractivity contribution is 6.32. The molecule has 1 rings (SSSR count). The smallest absolute Gasteiger partial charge is 0.454 e. The number of hydrogen-bond acceptors (Lipinski definition) is 2. The van der Waals surface area contributed by atoms with Crippen molar-refractivity contribution in [2.45, 2.75) is 6.18 Å². The number of ketones is 1. The minimum atomic E-state index is -4.93. The molecule has 0 bridgehead atoms. The van der Waals surface area contributed by atoms with Crippen LogP contribution in [0.1, 0.15) is 5.56 Å². The van der Waals surface area contributed by atoms with Crippen LogP contribution in [-0.4, -0.2) is 19.1 Å². The molecule has 0 unspecified atom stereocenters. The molecule has 2 nitrogen and oxygen atoms in total. The summed E-state index contributed by atoms with van der Waals surface area (Å²) in [6.07, 6.45) is -4.55. The van der Waals surface area contributed by atoms with E-state index in [1.807, 2.05) is 0 Å². The van der Waals surface area contributed by atoms with Crippen LogP contribution < -0.4 is 0 Å². The SMILES string of the molecule is CO/C(=C\C(=O)C(F)(F)F)c1ccccc1Cl. The van der Waals surface area contributed by atoms with E-state index >= 15 is 0 Å². The van der Waals surface area contributed by atoms with Crippen molar-refractivity contribution in [3.8, 4) is 0 Å². The Morgan fingerprint density at radius 3 is 2.41 bits per heavy atom. The molecule has 0 aromatic heterocycles. The third kappa shape index (κ3) is 3.49. The van der Waals surface area contributed by atoms with Crippen LogP contribution in [-0.2, 0) is 9.53 Å². The first-order chi connectivity index (χ1) is 7.86. The molecule has 0 aliphatic heterocycles. The number of rotatable bonds is 3. The second-order valence-electron chi connectivity index (χ2n) is 3.05. The number of allylic oxidation sites excluding steroid dienone is 1. The molecule has 0 aliphatic carbocycles. The van der Waals surface area contributed by atoms with Crippen molar-refractivity contribution in [2.75, 3.05) is 7.11 Å². The minimum absolute atomic E-state index is 0.204. The molecule has 0 radical (unpaired) electrons. The van der Waals surface area contributed by atoms with Crippen LogP contribution in [0.15, 0.2) is 30.3 Å². The van der Waals surface area contributed by atoms with Gasteiger partial charge in [-0.3, -0.25) is 4.79 Å². The fraction of sp³-hybridized carbons (Fsp3) is 0.182. The van der Waals surface area contributed by atoms with Gasteiger partial charge in [-0.05, 0) is 12.1 Å². The van der Waals surface area contributed by atoms with Crippen LogP contribution in [0.3, 0.4) is 0 Å². The van der Waals surface area contributed by atoms with Gasteiger partial charge < -0.3 is 4.74 Å². The first-order valence-corrected chi connectivity index (χ1v) is 4.86. The Kier molecular flexibility index (Phi) is 4.17. The van der Waals surface area contributed by atoms with Crippen molar-refractivity contribution >= 4 is 23.1 Å². The molecule has 0 saturated heterocycles. The van der Waals surface area contributed by atoms with Crippen LogP contribution in [0.4, 0.5) is 13.2 Å². The van der Waals surface area contributed by atoms with Gasteiger partial charge in [0.25, 0.3) is 5.78 Å². The quantitative estimate of drug-likeness (QED) is 0.617. The van der Waals surface area contributed by atoms with Crippen molar-refractivity contribution < 1.29 is 22.7 Å². The summed E-state index contributed by atoms with van der Waals surface area (Å²) in [6.45, 7) is 0. The molecule has 0 aliphatic rings. The molecule has 17 heavy (non-hydrogen) atoms. The third-order valence-electron chi connectivity index (χ3n) is 1.90. The second kappa shape index (κ2) is 5.23. The van der Waals surface area contributed by atoms with Gasteiger partial charge in [-0.1, -0.05) is 23.7 Å². The number of ether oxygens (including phenoxy) is 1. The van der Waals surface area contributed by atoms with Crippen LogP contribution in [0.2, 0.25) is 5.02 Å². The average Bonchev–Trinajstić information content (AvgIpc) is 2.25. The lowest BCUT2D eigenvalue weighted by molar-refractivity contribution is -0.165. The van der Waals surface area contributed by atoms with Gasteiger partial charge in [0.1, 0.15) is 5.76 Å². The molecular weight excluding hydrogens is 257 g/mol.